The highest BCUT2D eigenvalue weighted by Crippen LogP contribution is 2.42. The van der Waals surface area contributed by atoms with Gasteiger partial charge in [-0.2, -0.15) is 0 Å². The lowest BCUT2D eigenvalue weighted by atomic mass is 9.98. The van der Waals surface area contributed by atoms with Gasteiger partial charge in [0.15, 0.2) is 5.78 Å². The number of amides is 1. The summed E-state index contributed by atoms with van der Waals surface area (Å²) in [6.45, 7) is 2.25. The van der Waals surface area contributed by atoms with Crippen molar-refractivity contribution in [1.82, 2.24) is 4.90 Å². The van der Waals surface area contributed by atoms with E-state index in [-0.39, 0.29) is 23.2 Å². The number of allylic oxidation sites excluding steroid dienone is 1. The van der Waals surface area contributed by atoms with Gasteiger partial charge in [0.05, 0.1) is 11.8 Å². The Morgan fingerprint density at radius 3 is 2.94 bits per heavy atom. The fraction of sp³-hybridized carbons (Fsp3) is 0.667. The molecule has 2 saturated heterocycles. The van der Waals surface area contributed by atoms with Crippen LogP contribution in [0, 0.1) is 0 Å². The SMILES string of the molecule is CC(=O)C1=C([C@@H]2CCCO2)CS[C@@H]2[C@H](N)C(=O)N12. The number of ketones is 1. The van der Waals surface area contributed by atoms with E-state index in [1.165, 1.54) is 6.92 Å². The van der Waals surface area contributed by atoms with Crippen LogP contribution in [0.3, 0.4) is 0 Å². The highest BCUT2D eigenvalue weighted by Gasteiger charge is 2.51. The number of β-lactam (4-membered cyclic amide) rings is 1. The minimum Gasteiger partial charge on any atom is -0.374 e. The summed E-state index contributed by atoms with van der Waals surface area (Å²) in [6.07, 6.45) is 1.95. The number of hydrogen-bond acceptors (Lipinski definition) is 5. The van der Waals surface area contributed by atoms with Crippen molar-refractivity contribution < 1.29 is 14.3 Å². The van der Waals surface area contributed by atoms with Crippen LogP contribution in [-0.4, -0.2) is 46.5 Å². The molecule has 0 aliphatic carbocycles. The molecule has 2 fully saturated rings. The zero-order valence-corrected chi connectivity index (χ0v) is 11.0. The zero-order valence-electron chi connectivity index (χ0n) is 10.2. The van der Waals surface area contributed by atoms with Crippen molar-refractivity contribution in [2.45, 2.75) is 37.3 Å². The van der Waals surface area contributed by atoms with Crippen molar-refractivity contribution in [2.24, 2.45) is 5.73 Å². The van der Waals surface area contributed by atoms with Gasteiger partial charge in [-0.25, -0.2) is 0 Å². The second-order valence-corrected chi connectivity index (χ2v) is 5.97. The lowest BCUT2D eigenvalue weighted by molar-refractivity contribution is -0.143. The van der Waals surface area contributed by atoms with Gasteiger partial charge in [-0.1, -0.05) is 0 Å². The third-order valence-corrected chi connectivity index (χ3v) is 5.01. The Labute approximate surface area is 110 Å². The number of fused-ring (bicyclic) bond motifs is 1. The summed E-state index contributed by atoms with van der Waals surface area (Å²) < 4.78 is 5.65. The van der Waals surface area contributed by atoms with Gasteiger partial charge in [-0.05, 0) is 18.4 Å². The van der Waals surface area contributed by atoms with E-state index in [2.05, 4.69) is 0 Å². The Bertz CT molecular complexity index is 443. The minimum atomic E-state index is -0.463. The third-order valence-electron chi connectivity index (χ3n) is 3.69. The molecule has 3 atom stereocenters. The van der Waals surface area contributed by atoms with Crippen LogP contribution in [0.2, 0.25) is 0 Å². The van der Waals surface area contributed by atoms with Gasteiger partial charge in [-0.3, -0.25) is 14.5 Å². The van der Waals surface area contributed by atoms with Crippen molar-refractivity contribution in [2.75, 3.05) is 12.4 Å². The van der Waals surface area contributed by atoms with Crippen LogP contribution in [0.25, 0.3) is 0 Å². The molecule has 0 aromatic heterocycles. The minimum absolute atomic E-state index is 0.00183. The van der Waals surface area contributed by atoms with Crippen molar-refractivity contribution in [1.29, 1.82) is 0 Å². The lowest BCUT2D eigenvalue weighted by Crippen LogP contribution is -2.68. The standard InChI is InChI=1S/C12H16N2O3S/c1-6(15)10-7(8-3-2-4-17-8)5-18-12-9(13)11(16)14(10)12/h8-9,12H,2-5,13H2,1H3/t8-,9+,12+/m0/s1. The second-order valence-electron chi connectivity index (χ2n) is 4.87. The number of Topliss-reactive ketones (excluding diaryl/α,β-unsaturated/α-hetero) is 1. The molecule has 3 aliphatic rings. The van der Waals surface area contributed by atoms with Gasteiger partial charge in [0.2, 0.25) is 5.91 Å². The lowest BCUT2D eigenvalue weighted by Gasteiger charge is -2.49. The van der Waals surface area contributed by atoms with Crippen LogP contribution in [-0.2, 0) is 14.3 Å². The number of hydrogen-bond donors (Lipinski definition) is 1. The maximum absolute atomic E-state index is 11.9. The molecule has 0 aromatic rings. The average Bonchev–Trinajstić information content (AvgIpc) is 2.89. The fourth-order valence-corrected chi connectivity index (χ4v) is 4.15. The monoisotopic (exact) mass is 268 g/mol. The van der Waals surface area contributed by atoms with Gasteiger partial charge < -0.3 is 10.5 Å². The number of nitrogens with zero attached hydrogens (tertiary/aromatic N) is 1. The molecular formula is C12H16N2O3S. The van der Waals surface area contributed by atoms with Crippen LogP contribution in [0.4, 0.5) is 0 Å². The Hall–Kier alpha value is -0.850. The normalized spacial score (nSPS) is 35.6. The first kappa shape index (κ1) is 12.2. The van der Waals surface area contributed by atoms with E-state index in [9.17, 15) is 9.59 Å². The van der Waals surface area contributed by atoms with Crippen LogP contribution in [0.1, 0.15) is 19.8 Å². The fourth-order valence-electron chi connectivity index (χ4n) is 2.79. The predicted molar refractivity (Wildman–Crippen MR) is 67.7 cm³/mol. The summed E-state index contributed by atoms with van der Waals surface area (Å²) in [5.74, 6) is 0.529. The van der Waals surface area contributed by atoms with E-state index in [1.807, 2.05) is 0 Å². The highest BCUT2D eigenvalue weighted by atomic mass is 32.2. The molecular weight excluding hydrogens is 252 g/mol. The van der Waals surface area contributed by atoms with Crippen LogP contribution in [0.15, 0.2) is 11.3 Å². The summed E-state index contributed by atoms with van der Waals surface area (Å²) in [5.41, 5.74) is 7.27. The van der Waals surface area contributed by atoms with Gasteiger partial charge in [0.1, 0.15) is 11.4 Å². The quantitative estimate of drug-likeness (QED) is 0.727. The van der Waals surface area contributed by atoms with Gasteiger partial charge >= 0.3 is 0 Å². The Balaban J connectivity index is 1.97. The molecule has 0 spiro atoms. The molecule has 2 N–H and O–H groups in total. The van der Waals surface area contributed by atoms with Crippen LogP contribution < -0.4 is 5.73 Å². The maximum Gasteiger partial charge on any atom is 0.248 e. The van der Waals surface area contributed by atoms with E-state index in [4.69, 9.17) is 10.5 Å². The van der Waals surface area contributed by atoms with E-state index in [1.54, 1.807) is 16.7 Å². The first-order valence-electron chi connectivity index (χ1n) is 6.17. The molecule has 5 nitrogen and oxygen atoms in total. The largest absolute Gasteiger partial charge is 0.374 e. The van der Waals surface area contributed by atoms with Crippen molar-refractivity contribution in [3.05, 3.63) is 11.3 Å². The molecule has 0 radical (unpaired) electrons. The number of ether oxygens (including phenoxy) is 1. The Morgan fingerprint density at radius 1 is 1.56 bits per heavy atom. The van der Waals surface area contributed by atoms with Crippen molar-refractivity contribution in [3.63, 3.8) is 0 Å². The molecule has 0 saturated carbocycles. The predicted octanol–water partition coefficient (Wildman–Crippen LogP) is 0.251. The van der Waals surface area contributed by atoms with Gasteiger partial charge in [0.25, 0.3) is 0 Å². The summed E-state index contributed by atoms with van der Waals surface area (Å²) in [7, 11) is 0. The molecule has 0 aromatic carbocycles. The molecule has 0 unspecified atom stereocenters. The van der Waals surface area contributed by atoms with Gasteiger partial charge in [-0.15, -0.1) is 11.8 Å². The summed E-state index contributed by atoms with van der Waals surface area (Å²) in [4.78, 5) is 25.2. The molecule has 1 amide bonds. The summed E-state index contributed by atoms with van der Waals surface area (Å²) >= 11 is 1.63. The number of carbonyl (C=O) groups is 2. The van der Waals surface area contributed by atoms with Crippen LogP contribution >= 0.6 is 11.8 Å². The van der Waals surface area contributed by atoms with E-state index in [0.29, 0.717) is 5.70 Å². The highest BCUT2D eigenvalue weighted by molar-refractivity contribution is 8.00. The topological polar surface area (TPSA) is 72.6 Å². The maximum atomic E-state index is 11.9. The Morgan fingerprint density at radius 2 is 2.33 bits per heavy atom. The third kappa shape index (κ3) is 1.63. The van der Waals surface area contributed by atoms with Crippen LogP contribution in [0.5, 0.6) is 0 Å². The van der Waals surface area contributed by atoms with Crippen molar-refractivity contribution in [3.8, 4) is 0 Å². The molecule has 3 heterocycles. The summed E-state index contributed by atoms with van der Waals surface area (Å²) in [5, 5.41) is -0.0680. The average molecular weight is 268 g/mol. The van der Waals surface area contributed by atoms with Gasteiger partial charge in [0, 0.05) is 19.3 Å². The Kier molecular flexibility index (Phi) is 2.96. The molecule has 18 heavy (non-hydrogen) atoms. The zero-order chi connectivity index (χ0) is 12.9. The number of nitrogens with two attached hydrogens (primary N) is 1. The van der Waals surface area contributed by atoms with E-state index < -0.39 is 6.04 Å². The first-order valence-corrected chi connectivity index (χ1v) is 7.22. The molecule has 6 heteroatoms. The number of thioether (sulfide) groups is 1. The molecule has 3 rings (SSSR count). The number of rotatable bonds is 2. The molecule has 98 valence electrons. The second kappa shape index (κ2) is 4.36. The van der Waals surface area contributed by atoms with E-state index >= 15 is 0 Å². The molecule has 0 bridgehead atoms. The smallest absolute Gasteiger partial charge is 0.248 e. The number of carbonyl (C=O) groups excluding carboxylic acids is 2. The van der Waals surface area contributed by atoms with E-state index in [0.717, 1.165) is 30.8 Å². The molecule has 3 aliphatic heterocycles. The summed E-state index contributed by atoms with van der Waals surface area (Å²) in [6, 6.07) is -0.463. The first-order chi connectivity index (χ1) is 8.61. The van der Waals surface area contributed by atoms with Crippen molar-refractivity contribution >= 4 is 23.5 Å².